The lowest BCUT2D eigenvalue weighted by Gasteiger charge is -2.31. The number of ether oxygens (including phenoxy) is 1. The van der Waals surface area contributed by atoms with E-state index in [9.17, 15) is 0 Å². The van der Waals surface area contributed by atoms with E-state index < -0.39 is 0 Å². The molecule has 3 nitrogen and oxygen atoms in total. The molecule has 1 aliphatic heterocycles. The average molecular weight is 415 g/mol. The van der Waals surface area contributed by atoms with Gasteiger partial charge >= 0.3 is 0 Å². The fourth-order valence-corrected chi connectivity index (χ4v) is 3.45. The van der Waals surface area contributed by atoms with Crippen LogP contribution in [-0.4, -0.2) is 35.1 Å². The van der Waals surface area contributed by atoms with Gasteiger partial charge in [0.1, 0.15) is 11.6 Å². The first-order valence-electron chi connectivity index (χ1n) is 9.19. The van der Waals surface area contributed by atoms with Crippen molar-refractivity contribution in [3.05, 3.63) is 102 Å². The van der Waals surface area contributed by atoms with Gasteiger partial charge in [0, 0.05) is 24.0 Å². The van der Waals surface area contributed by atoms with Crippen molar-refractivity contribution >= 4 is 29.3 Å². The normalized spacial score (nSPS) is 15.9. The van der Waals surface area contributed by atoms with E-state index in [4.69, 9.17) is 27.9 Å². The second-order valence-corrected chi connectivity index (χ2v) is 7.39. The molecule has 3 rings (SSSR count). The van der Waals surface area contributed by atoms with Gasteiger partial charge in [-0.2, -0.15) is 0 Å². The second kappa shape index (κ2) is 10.4. The Balaban J connectivity index is 1.60. The summed E-state index contributed by atoms with van der Waals surface area (Å²) >= 11 is 12.8. The van der Waals surface area contributed by atoms with Crippen LogP contribution >= 0.6 is 23.2 Å². The Morgan fingerprint density at radius 1 is 1.07 bits per heavy atom. The van der Waals surface area contributed by atoms with Gasteiger partial charge < -0.3 is 14.5 Å². The van der Waals surface area contributed by atoms with Crippen LogP contribution in [0, 0.1) is 0 Å². The van der Waals surface area contributed by atoms with Crippen molar-refractivity contribution in [3.63, 3.8) is 0 Å². The standard InChI is InChI=1S/C23H24Cl2N2O/c1-2-17-28-22(20-10-12-21(24)13-11-20)23(25)27-16-15-26(18-27)14-6-9-19-7-4-3-5-8-19/h2-13,15-16,22-23H,1,14,17-18H2/b9-6+. The summed E-state index contributed by atoms with van der Waals surface area (Å²) in [5, 5.41) is 0.690. The van der Waals surface area contributed by atoms with Crippen LogP contribution in [0.1, 0.15) is 17.2 Å². The third kappa shape index (κ3) is 5.65. The maximum Gasteiger partial charge on any atom is 0.135 e. The molecule has 2 aromatic rings. The Morgan fingerprint density at radius 3 is 2.54 bits per heavy atom. The maximum atomic E-state index is 6.80. The van der Waals surface area contributed by atoms with Gasteiger partial charge in [0.15, 0.2) is 0 Å². The third-order valence-electron chi connectivity index (χ3n) is 4.42. The summed E-state index contributed by atoms with van der Waals surface area (Å²) in [4.78, 5) is 4.27. The molecule has 2 unspecified atom stereocenters. The van der Waals surface area contributed by atoms with Gasteiger partial charge in [-0.25, -0.2) is 0 Å². The Morgan fingerprint density at radius 2 is 1.82 bits per heavy atom. The van der Waals surface area contributed by atoms with Crippen molar-refractivity contribution in [1.82, 2.24) is 9.80 Å². The van der Waals surface area contributed by atoms with E-state index in [1.54, 1.807) is 6.08 Å². The van der Waals surface area contributed by atoms with E-state index >= 15 is 0 Å². The lowest BCUT2D eigenvalue weighted by atomic mass is 10.1. The Hall–Kier alpha value is -2.20. The zero-order chi connectivity index (χ0) is 19.8. The van der Waals surface area contributed by atoms with Crippen LogP contribution in [0.2, 0.25) is 5.02 Å². The molecule has 0 aromatic heterocycles. The molecule has 0 radical (unpaired) electrons. The molecular weight excluding hydrogens is 391 g/mol. The maximum absolute atomic E-state index is 6.80. The minimum Gasteiger partial charge on any atom is -0.366 e. The van der Waals surface area contributed by atoms with Gasteiger partial charge in [0.05, 0.1) is 13.3 Å². The lowest BCUT2D eigenvalue weighted by molar-refractivity contribution is 0.0346. The second-order valence-electron chi connectivity index (χ2n) is 6.50. The third-order valence-corrected chi connectivity index (χ3v) is 5.15. The Kier molecular flexibility index (Phi) is 7.61. The van der Waals surface area contributed by atoms with Crippen molar-refractivity contribution in [2.75, 3.05) is 19.8 Å². The monoisotopic (exact) mass is 414 g/mol. The predicted octanol–water partition coefficient (Wildman–Crippen LogP) is 5.91. The van der Waals surface area contributed by atoms with E-state index in [2.05, 4.69) is 46.9 Å². The molecule has 2 aromatic carbocycles. The molecule has 0 amide bonds. The van der Waals surface area contributed by atoms with Crippen LogP contribution in [0.25, 0.3) is 6.08 Å². The van der Waals surface area contributed by atoms with Crippen LogP contribution < -0.4 is 0 Å². The minimum atomic E-state index is -0.347. The van der Waals surface area contributed by atoms with Crippen molar-refractivity contribution < 1.29 is 4.74 Å². The van der Waals surface area contributed by atoms with Crippen molar-refractivity contribution in [2.24, 2.45) is 0 Å². The molecule has 1 aliphatic rings. The quantitative estimate of drug-likeness (QED) is 0.288. The molecule has 0 bridgehead atoms. The zero-order valence-electron chi connectivity index (χ0n) is 15.6. The molecule has 0 aliphatic carbocycles. The number of rotatable bonds is 9. The topological polar surface area (TPSA) is 15.7 Å². The van der Waals surface area contributed by atoms with Crippen LogP contribution in [0.4, 0.5) is 0 Å². The number of alkyl halides is 1. The number of hydrogen-bond donors (Lipinski definition) is 0. The summed E-state index contributed by atoms with van der Waals surface area (Å²) in [5.74, 6) is 0. The molecule has 0 fully saturated rings. The molecule has 0 N–H and O–H groups in total. The average Bonchev–Trinajstić information content (AvgIpc) is 3.19. The van der Waals surface area contributed by atoms with E-state index in [1.165, 1.54) is 5.56 Å². The molecule has 0 saturated carbocycles. The van der Waals surface area contributed by atoms with E-state index in [1.807, 2.05) is 48.7 Å². The number of benzene rings is 2. The molecule has 28 heavy (non-hydrogen) atoms. The predicted molar refractivity (Wildman–Crippen MR) is 118 cm³/mol. The minimum absolute atomic E-state index is 0.290. The van der Waals surface area contributed by atoms with Crippen molar-refractivity contribution in [1.29, 1.82) is 0 Å². The molecular formula is C23H24Cl2N2O. The first kappa shape index (κ1) is 20.5. The summed E-state index contributed by atoms with van der Waals surface area (Å²) in [7, 11) is 0. The summed E-state index contributed by atoms with van der Waals surface area (Å²) in [6.45, 7) is 5.68. The Labute approximate surface area is 177 Å². The largest absolute Gasteiger partial charge is 0.366 e. The highest BCUT2D eigenvalue weighted by molar-refractivity contribution is 6.30. The molecule has 1 heterocycles. The van der Waals surface area contributed by atoms with Gasteiger partial charge in [0.2, 0.25) is 0 Å². The summed E-state index contributed by atoms with van der Waals surface area (Å²) in [6.07, 6.45) is 9.77. The molecule has 0 spiro atoms. The van der Waals surface area contributed by atoms with Crippen molar-refractivity contribution in [3.8, 4) is 0 Å². The lowest BCUT2D eigenvalue weighted by Crippen LogP contribution is -2.35. The highest BCUT2D eigenvalue weighted by Gasteiger charge is 2.28. The summed E-state index contributed by atoms with van der Waals surface area (Å²) in [5.41, 5.74) is 1.83. The van der Waals surface area contributed by atoms with Crippen LogP contribution in [0.3, 0.4) is 0 Å². The van der Waals surface area contributed by atoms with Crippen LogP contribution in [0.5, 0.6) is 0 Å². The van der Waals surface area contributed by atoms with Gasteiger partial charge in [-0.1, -0.05) is 83.9 Å². The summed E-state index contributed by atoms with van der Waals surface area (Å²) in [6, 6.07) is 17.9. The molecule has 146 valence electrons. The van der Waals surface area contributed by atoms with E-state index in [0.717, 1.165) is 12.1 Å². The SMILES string of the molecule is C=CCOC(c1ccc(Cl)cc1)C(Cl)N1C=CN(C/C=C/c2ccccc2)C1. The zero-order valence-corrected chi connectivity index (χ0v) is 17.1. The molecule has 5 heteroatoms. The first-order valence-corrected chi connectivity index (χ1v) is 10.0. The number of hydrogen-bond acceptors (Lipinski definition) is 3. The van der Waals surface area contributed by atoms with Gasteiger partial charge in [0.25, 0.3) is 0 Å². The van der Waals surface area contributed by atoms with Crippen LogP contribution in [0.15, 0.2) is 85.7 Å². The van der Waals surface area contributed by atoms with Crippen LogP contribution in [-0.2, 0) is 4.74 Å². The Bertz CT molecular complexity index is 805. The van der Waals surface area contributed by atoms with Crippen molar-refractivity contribution in [2.45, 2.75) is 11.6 Å². The number of nitrogens with zero attached hydrogens (tertiary/aromatic N) is 2. The molecule has 0 saturated heterocycles. The number of halogens is 2. The van der Waals surface area contributed by atoms with Gasteiger partial charge in [-0.05, 0) is 23.3 Å². The van der Waals surface area contributed by atoms with Gasteiger partial charge in [-0.15, -0.1) is 6.58 Å². The summed E-state index contributed by atoms with van der Waals surface area (Å²) < 4.78 is 5.96. The van der Waals surface area contributed by atoms with Gasteiger partial charge in [-0.3, -0.25) is 0 Å². The highest BCUT2D eigenvalue weighted by Crippen LogP contribution is 2.30. The smallest absolute Gasteiger partial charge is 0.135 e. The van der Waals surface area contributed by atoms with E-state index in [0.29, 0.717) is 18.3 Å². The fourth-order valence-electron chi connectivity index (χ4n) is 2.98. The highest BCUT2D eigenvalue weighted by atomic mass is 35.5. The molecule has 2 atom stereocenters. The first-order chi connectivity index (χ1) is 13.7. The fraction of sp³-hybridized carbons (Fsp3) is 0.217. The van der Waals surface area contributed by atoms with E-state index in [-0.39, 0.29) is 11.6 Å².